The number of nitrogens with zero attached hydrogens (tertiary/aromatic N) is 3. The van der Waals surface area contributed by atoms with Crippen LogP contribution in [-0.4, -0.2) is 65.8 Å². The Labute approximate surface area is 243 Å². The van der Waals surface area contributed by atoms with E-state index >= 15 is 0 Å². The molecular formula is C32H35N3O5S. The Morgan fingerprint density at radius 3 is 2.83 bits per heavy atom. The highest BCUT2D eigenvalue weighted by molar-refractivity contribution is 7.14. The normalized spacial score (nSPS) is 24.1. The third kappa shape index (κ3) is 4.89. The number of carbonyl (C=O) groups excluding carboxylic acids is 1. The molecule has 0 bridgehead atoms. The van der Waals surface area contributed by atoms with Gasteiger partial charge in [-0.25, -0.2) is 4.98 Å². The van der Waals surface area contributed by atoms with E-state index in [4.69, 9.17) is 14.5 Å². The van der Waals surface area contributed by atoms with E-state index in [2.05, 4.69) is 29.3 Å². The van der Waals surface area contributed by atoms with Crippen molar-refractivity contribution in [3.8, 4) is 17.0 Å². The fourth-order valence-corrected chi connectivity index (χ4v) is 7.68. The van der Waals surface area contributed by atoms with Gasteiger partial charge in [0.15, 0.2) is 5.13 Å². The topological polar surface area (TPSA) is 92.2 Å². The first-order valence-corrected chi connectivity index (χ1v) is 15.5. The molecule has 214 valence electrons. The third-order valence-corrected chi connectivity index (χ3v) is 10.3. The van der Waals surface area contributed by atoms with Gasteiger partial charge < -0.3 is 24.4 Å². The Balaban J connectivity index is 1.04. The van der Waals surface area contributed by atoms with Gasteiger partial charge in [0.25, 0.3) is 5.91 Å². The van der Waals surface area contributed by atoms with Crippen LogP contribution in [0.5, 0.6) is 5.75 Å². The van der Waals surface area contributed by atoms with E-state index in [9.17, 15) is 14.7 Å². The molecule has 1 N–H and O–H groups in total. The minimum Gasteiger partial charge on any atom is -0.488 e. The van der Waals surface area contributed by atoms with Crippen molar-refractivity contribution in [3.05, 3.63) is 64.0 Å². The van der Waals surface area contributed by atoms with Crippen LogP contribution in [0.15, 0.2) is 41.8 Å². The quantitative estimate of drug-likeness (QED) is 0.417. The summed E-state index contributed by atoms with van der Waals surface area (Å²) in [5, 5.41) is 12.6. The summed E-state index contributed by atoms with van der Waals surface area (Å²) in [4.78, 5) is 34.2. The number of thiazole rings is 1. The van der Waals surface area contributed by atoms with Crippen LogP contribution in [0.25, 0.3) is 11.3 Å². The van der Waals surface area contributed by atoms with Crippen LogP contribution in [0.2, 0.25) is 0 Å². The van der Waals surface area contributed by atoms with E-state index in [0.717, 1.165) is 103 Å². The second-order valence-corrected chi connectivity index (χ2v) is 12.8. The molecule has 41 heavy (non-hydrogen) atoms. The summed E-state index contributed by atoms with van der Waals surface area (Å²) in [6, 6.07) is 12.5. The van der Waals surface area contributed by atoms with Crippen LogP contribution in [-0.2, 0) is 22.6 Å². The fourth-order valence-electron chi connectivity index (χ4n) is 6.82. The summed E-state index contributed by atoms with van der Waals surface area (Å²) in [5.41, 5.74) is 5.41. The van der Waals surface area contributed by atoms with Crippen molar-refractivity contribution in [1.82, 2.24) is 9.88 Å². The number of aryl methyl sites for hydroxylation is 1. The summed E-state index contributed by atoms with van der Waals surface area (Å²) < 4.78 is 11.8. The SMILES string of the molecule is Cc1ccc(OCc2ccc3c(c2)CCN(C2CCOCC2)C3=O)c(-c2csc(N3CC[C@@]4(C(=O)O)C[C@H]4C3)n2)c1. The van der Waals surface area contributed by atoms with Crippen molar-refractivity contribution in [3.63, 3.8) is 0 Å². The maximum absolute atomic E-state index is 13.2. The van der Waals surface area contributed by atoms with Gasteiger partial charge in [0.1, 0.15) is 12.4 Å². The summed E-state index contributed by atoms with van der Waals surface area (Å²) in [6.07, 6.45) is 4.14. The molecule has 0 unspecified atom stereocenters. The number of amides is 1. The standard InChI is InChI=1S/C32H35N3O5S/c1-20-2-5-28(26(14-20)27-19-41-31(33-27)34-11-9-32(30(37)38)16-23(32)17-34)40-18-21-3-4-25-22(15-21)6-10-35(29(25)36)24-7-12-39-13-8-24/h2-5,14-15,19,23-24H,6-13,16-18H2,1H3,(H,37,38)/t23-,32+/m0/s1. The number of rotatable bonds is 7. The molecule has 4 aliphatic rings. The zero-order valence-electron chi connectivity index (χ0n) is 23.3. The number of piperidine rings is 1. The Morgan fingerprint density at radius 2 is 2.02 bits per heavy atom. The average molecular weight is 574 g/mol. The van der Waals surface area contributed by atoms with E-state index in [-0.39, 0.29) is 17.9 Å². The number of aromatic nitrogens is 1. The van der Waals surface area contributed by atoms with Crippen LogP contribution in [0.1, 0.15) is 52.7 Å². The minimum absolute atomic E-state index is 0.134. The van der Waals surface area contributed by atoms with E-state index in [1.807, 2.05) is 29.2 Å². The number of ether oxygens (including phenoxy) is 2. The average Bonchev–Trinajstić information content (AvgIpc) is 3.54. The zero-order chi connectivity index (χ0) is 28.1. The van der Waals surface area contributed by atoms with Gasteiger partial charge in [-0.05, 0) is 74.3 Å². The molecular weight excluding hydrogens is 538 g/mol. The Kier molecular flexibility index (Phi) is 6.74. The molecule has 3 aromatic rings. The van der Waals surface area contributed by atoms with E-state index in [0.29, 0.717) is 13.0 Å². The number of carboxylic acid groups (broad SMARTS) is 1. The van der Waals surface area contributed by atoms with E-state index < -0.39 is 11.4 Å². The third-order valence-electron chi connectivity index (χ3n) is 9.41. The van der Waals surface area contributed by atoms with Gasteiger partial charge in [-0.2, -0.15) is 0 Å². The number of anilines is 1. The van der Waals surface area contributed by atoms with E-state index in [1.54, 1.807) is 11.3 Å². The lowest BCUT2D eigenvalue weighted by Crippen LogP contribution is -2.47. The summed E-state index contributed by atoms with van der Waals surface area (Å²) in [5.74, 6) is 0.481. The number of carbonyl (C=O) groups is 2. The first-order valence-electron chi connectivity index (χ1n) is 14.6. The van der Waals surface area contributed by atoms with Crippen LogP contribution < -0.4 is 9.64 Å². The number of hydrogen-bond acceptors (Lipinski definition) is 7. The molecule has 0 spiro atoms. The predicted molar refractivity (Wildman–Crippen MR) is 157 cm³/mol. The molecule has 1 aromatic heterocycles. The zero-order valence-corrected chi connectivity index (χ0v) is 24.1. The van der Waals surface area contributed by atoms with Crippen LogP contribution in [0.3, 0.4) is 0 Å². The molecule has 1 aliphatic carbocycles. The predicted octanol–water partition coefficient (Wildman–Crippen LogP) is 5.18. The number of hydrogen-bond donors (Lipinski definition) is 1. The smallest absolute Gasteiger partial charge is 0.310 e. The van der Waals surface area contributed by atoms with E-state index in [1.165, 1.54) is 0 Å². The molecule has 7 rings (SSSR count). The molecule has 4 heterocycles. The molecule has 1 saturated carbocycles. The van der Waals surface area contributed by atoms with Gasteiger partial charge in [-0.15, -0.1) is 11.3 Å². The molecule has 0 radical (unpaired) electrons. The van der Waals surface area contributed by atoms with Crippen LogP contribution in [0, 0.1) is 18.3 Å². The number of aliphatic carboxylic acids is 1. The molecule has 1 amide bonds. The number of benzene rings is 2. The van der Waals surface area contributed by atoms with Gasteiger partial charge in [0.05, 0.1) is 11.1 Å². The monoisotopic (exact) mass is 573 g/mol. The molecule has 9 heteroatoms. The van der Waals surface area contributed by atoms with Crippen molar-refractivity contribution < 1.29 is 24.2 Å². The molecule has 2 saturated heterocycles. The van der Waals surface area contributed by atoms with Crippen LogP contribution in [0.4, 0.5) is 5.13 Å². The van der Waals surface area contributed by atoms with Crippen molar-refractivity contribution in [2.24, 2.45) is 11.3 Å². The highest BCUT2D eigenvalue weighted by Crippen LogP contribution is 2.58. The second kappa shape index (κ2) is 10.4. The lowest BCUT2D eigenvalue weighted by molar-refractivity contribution is -0.144. The Morgan fingerprint density at radius 1 is 1.17 bits per heavy atom. The van der Waals surface area contributed by atoms with Gasteiger partial charge >= 0.3 is 5.97 Å². The van der Waals surface area contributed by atoms with Gasteiger partial charge in [-0.1, -0.05) is 23.8 Å². The maximum Gasteiger partial charge on any atom is 0.310 e. The van der Waals surface area contributed by atoms with Crippen LogP contribution >= 0.6 is 11.3 Å². The first kappa shape index (κ1) is 26.5. The summed E-state index contributed by atoms with van der Waals surface area (Å²) in [7, 11) is 0. The number of fused-ring (bicyclic) bond motifs is 2. The first-order chi connectivity index (χ1) is 19.9. The highest BCUT2D eigenvalue weighted by Gasteiger charge is 2.62. The van der Waals surface area contributed by atoms with Crippen molar-refractivity contribution in [1.29, 1.82) is 0 Å². The van der Waals surface area contributed by atoms with Gasteiger partial charge in [0.2, 0.25) is 0 Å². The summed E-state index contributed by atoms with van der Waals surface area (Å²) in [6.45, 7) is 6.16. The molecule has 3 fully saturated rings. The molecule has 3 aliphatic heterocycles. The van der Waals surface area contributed by atoms with Gasteiger partial charge in [0, 0.05) is 55.4 Å². The Bertz CT molecular complexity index is 1500. The summed E-state index contributed by atoms with van der Waals surface area (Å²) >= 11 is 1.60. The second-order valence-electron chi connectivity index (χ2n) is 11.9. The Hall–Kier alpha value is -3.43. The van der Waals surface area contributed by atoms with Gasteiger partial charge in [-0.3, -0.25) is 9.59 Å². The fraction of sp³-hybridized carbons (Fsp3) is 0.469. The van der Waals surface area contributed by atoms with Crippen molar-refractivity contribution in [2.75, 3.05) is 37.7 Å². The molecule has 8 nitrogen and oxygen atoms in total. The lowest BCUT2D eigenvalue weighted by Gasteiger charge is -2.37. The largest absolute Gasteiger partial charge is 0.488 e. The lowest BCUT2D eigenvalue weighted by atomic mass is 9.94. The van der Waals surface area contributed by atoms with Crippen molar-refractivity contribution >= 4 is 28.3 Å². The van der Waals surface area contributed by atoms with Crippen molar-refractivity contribution in [2.45, 2.75) is 51.7 Å². The molecule has 2 atom stereocenters. The minimum atomic E-state index is -0.647. The molecule has 2 aromatic carbocycles. The highest BCUT2D eigenvalue weighted by atomic mass is 32.1. The maximum atomic E-state index is 13.2. The number of carboxylic acids is 1.